The van der Waals surface area contributed by atoms with Gasteiger partial charge in [-0.2, -0.15) is 0 Å². The largest absolute Gasteiger partial charge is 0.367 e. The maximum atomic E-state index is 11.9. The van der Waals surface area contributed by atoms with Crippen LogP contribution in [0.15, 0.2) is 18.3 Å². The molecule has 0 bridgehead atoms. The molecule has 1 aliphatic carbocycles. The lowest BCUT2D eigenvalue weighted by Gasteiger charge is -2.12. The molecule has 4 nitrogen and oxygen atoms in total. The summed E-state index contributed by atoms with van der Waals surface area (Å²) in [6.07, 6.45) is 10.1. The van der Waals surface area contributed by atoms with E-state index < -0.39 is 0 Å². The van der Waals surface area contributed by atoms with Crippen LogP contribution in [0, 0.1) is 0 Å². The van der Waals surface area contributed by atoms with Gasteiger partial charge in [-0.05, 0) is 31.4 Å². The van der Waals surface area contributed by atoms with Gasteiger partial charge in [-0.15, -0.1) is 0 Å². The van der Waals surface area contributed by atoms with Crippen molar-refractivity contribution in [1.29, 1.82) is 0 Å². The van der Waals surface area contributed by atoms with Crippen LogP contribution in [0.2, 0.25) is 0 Å². The third kappa shape index (κ3) is 4.51. The van der Waals surface area contributed by atoms with Gasteiger partial charge in [0.1, 0.15) is 5.82 Å². The monoisotopic (exact) mass is 275 g/mol. The summed E-state index contributed by atoms with van der Waals surface area (Å²) >= 11 is 0. The van der Waals surface area contributed by atoms with Crippen LogP contribution in [0.25, 0.3) is 0 Å². The number of nitrogens with one attached hydrogen (secondary N) is 2. The molecule has 4 heteroatoms. The Hall–Kier alpha value is -1.58. The number of amides is 1. The number of nitrogens with zero attached hydrogens (tertiary/aromatic N) is 1. The summed E-state index contributed by atoms with van der Waals surface area (Å²) in [6, 6.07) is 4.30. The molecule has 1 amide bonds. The quantitative estimate of drug-likeness (QED) is 0.750. The van der Waals surface area contributed by atoms with Gasteiger partial charge in [-0.25, -0.2) is 4.98 Å². The fourth-order valence-electron chi connectivity index (χ4n) is 2.57. The molecule has 0 saturated heterocycles. The SMILES string of the molecule is CCCCCNC(=O)c1ccc(NC2CCCC2)nc1. The van der Waals surface area contributed by atoms with E-state index in [4.69, 9.17) is 0 Å². The van der Waals surface area contributed by atoms with E-state index in [1.165, 1.54) is 32.1 Å². The predicted octanol–water partition coefficient (Wildman–Crippen LogP) is 3.36. The second-order valence-corrected chi connectivity index (χ2v) is 5.52. The highest BCUT2D eigenvalue weighted by molar-refractivity contribution is 5.94. The van der Waals surface area contributed by atoms with Crippen molar-refractivity contribution in [2.45, 2.75) is 57.9 Å². The molecule has 0 spiro atoms. The van der Waals surface area contributed by atoms with Crippen molar-refractivity contribution < 1.29 is 4.79 Å². The van der Waals surface area contributed by atoms with Crippen LogP contribution in [0.3, 0.4) is 0 Å². The molecule has 0 aromatic carbocycles. The Morgan fingerprint density at radius 2 is 2.10 bits per heavy atom. The van der Waals surface area contributed by atoms with Crippen LogP contribution in [-0.4, -0.2) is 23.5 Å². The van der Waals surface area contributed by atoms with Gasteiger partial charge < -0.3 is 10.6 Å². The maximum absolute atomic E-state index is 11.9. The normalized spacial score (nSPS) is 15.2. The Bertz CT molecular complexity index is 410. The molecule has 1 saturated carbocycles. The van der Waals surface area contributed by atoms with Gasteiger partial charge in [0.2, 0.25) is 0 Å². The molecule has 20 heavy (non-hydrogen) atoms. The zero-order valence-electron chi connectivity index (χ0n) is 12.3. The van der Waals surface area contributed by atoms with Crippen LogP contribution in [0.5, 0.6) is 0 Å². The number of hydrogen-bond acceptors (Lipinski definition) is 3. The topological polar surface area (TPSA) is 54.0 Å². The number of aromatic nitrogens is 1. The molecule has 0 aliphatic heterocycles. The molecule has 2 N–H and O–H groups in total. The van der Waals surface area contributed by atoms with Gasteiger partial charge in [0.25, 0.3) is 5.91 Å². The zero-order valence-corrected chi connectivity index (χ0v) is 12.3. The van der Waals surface area contributed by atoms with Crippen molar-refractivity contribution in [3.8, 4) is 0 Å². The third-order valence-electron chi connectivity index (χ3n) is 3.80. The van der Waals surface area contributed by atoms with E-state index in [-0.39, 0.29) is 5.91 Å². The third-order valence-corrected chi connectivity index (χ3v) is 3.80. The van der Waals surface area contributed by atoms with Crippen LogP contribution in [0.1, 0.15) is 62.2 Å². The Labute approximate surface area is 121 Å². The lowest BCUT2D eigenvalue weighted by molar-refractivity contribution is 0.0952. The second-order valence-electron chi connectivity index (χ2n) is 5.52. The van der Waals surface area contributed by atoms with Crippen LogP contribution in [0.4, 0.5) is 5.82 Å². The van der Waals surface area contributed by atoms with Crippen molar-refractivity contribution in [3.63, 3.8) is 0 Å². The summed E-state index contributed by atoms with van der Waals surface area (Å²) in [7, 11) is 0. The second kappa shape index (κ2) is 7.88. The molecule has 1 aromatic heterocycles. The van der Waals surface area contributed by atoms with Gasteiger partial charge in [0.15, 0.2) is 0 Å². The van der Waals surface area contributed by atoms with Gasteiger partial charge in [-0.3, -0.25) is 4.79 Å². The fourth-order valence-corrected chi connectivity index (χ4v) is 2.57. The Morgan fingerprint density at radius 3 is 2.75 bits per heavy atom. The number of carbonyl (C=O) groups is 1. The highest BCUT2D eigenvalue weighted by Gasteiger charge is 2.15. The van der Waals surface area contributed by atoms with Gasteiger partial charge in [-0.1, -0.05) is 32.6 Å². The lowest BCUT2D eigenvalue weighted by Crippen LogP contribution is -2.24. The van der Waals surface area contributed by atoms with Crippen molar-refractivity contribution in [2.75, 3.05) is 11.9 Å². The predicted molar refractivity (Wildman–Crippen MR) is 82.0 cm³/mol. The average molecular weight is 275 g/mol. The minimum Gasteiger partial charge on any atom is -0.367 e. The highest BCUT2D eigenvalue weighted by atomic mass is 16.1. The lowest BCUT2D eigenvalue weighted by atomic mass is 10.2. The Morgan fingerprint density at radius 1 is 1.30 bits per heavy atom. The number of rotatable bonds is 7. The molecular formula is C16H25N3O. The molecule has 1 heterocycles. The molecule has 1 aromatic rings. The van der Waals surface area contributed by atoms with Crippen molar-refractivity contribution in [3.05, 3.63) is 23.9 Å². The minimum atomic E-state index is -0.0268. The molecule has 110 valence electrons. The average Bonchev–Trinajstić information content (AvgIpc) is 2.97. The standard InChI is InChI=1S/C16H25N3O/c1-2-3-6-11-17-16(20)13-9-10-15(18-12-13)19-14-7-4-5-8-14/h9-10,12,14H,2-8,11H2,1H3,(H,17,20)(H,18,19). The first kappa shape index (κ1) is 14.8. The van der Waals surface area contributed by atoms with Crippen molar-refractivity contribution >= 4 is 11.7 Å². The van der Waals surface area contributed by atoms with E-state index in [2.05, 4.69) is 22.5 Å². The van der Waals surface area contributed by atoms with Crippen molar-refractivity contribution in [2.24, 2.45) is 0 Å². The Balaban J connectivity index is 1.79. The van der Waals surface area contributed by atoms with E-state index in [0.717, 1.165) is 25.2 Å². The fraction of sp³-hybridized carbons (Fsp3) is 0.625. The molecule has 1 fully saturated rings. The van der Waals surface area contributed by atoms with E-state index in [9.17, 15) is 4.79 Å². The van der Waals surface area contributed by atoms with Crippen LogP contribution < -0.4 is 10.6 Å². The summed E-state index contributed by atoms with van der Waals surface area (Å²) < 4.78 is 0. The molecule has 0 unspecified atom stereocenters. The number of hydrogen-bond donors (Lipinski definition) is 2. The van der Waals surface area contributed by atoms with Crippen molar-refractivity contribution in [1.82, 2.24) is 10.3 Å². The number of carbonyl (C=O) groups excluding carboxylic acids is 1. The van der Waals surface area contributed by atoms with E-state index in [0.29, 0.717) is 11.6 Å². The summed E-state index contributed by atoms with van der Waals surface area (Å²) in [5.41, 5.74) is 0.637. The Kier molecular flexibility index (Phi) is 5.84. The first-order chi connectivity index (χ1) is 9.79. The number of unbranched alkanes of at least 4 members (excludes halogenated alkanes) is 2. The van der Waals surface area contributed by atoms with Gasteiger partial charge in [0.05, 0.1) is 5.56 Å². The minimum absolute atomic E-state index is 0.0268. The van der Waals surface area contributed by atoms with E-state index >= 15 is 0 Å². The van der Waals surface area contributed by atoms with E-state index in [1.54, 1.807) is 6.20 Å². The first-order valence-electron chi connectivity index (χ1n) is 7.80. The van der Waals surface area contributed by atoms with E-state index in [1.807, 2.05) is 12.1 Å². The molecular weight excluding hydrogens is 250 g/mol. The van der Waals surface area contributed by atoms with Crippen LogP contribution in [-0.2, 0) is 0 Å². The molecule has 1 aliphatic rings. The zero-order chi connectivity index (χ0) is 14.2. The summed E-state index contributed by atoms with van der Waals surface area (Å²) in [4.78, 5) is 16.2. The highest BCUT2D eigenvalue weighted by Crippen LogP contribution is 2.21. The first-order valence-corrected chi connectivity index (χ1v) is 7.80. The maximum Gasteiger partial charge on any atom is 0.252 e. The molecule has 0 atom stereocenters. The number of pyridine rings is 1. The van der Waals surface area contributed by atoms with Crippen LogP contribution >= 0.6 is 0 Å². The summed E-state index contributed by atoms with van der Waals surface area (Å²) in [6.45, 7) is 2.90. The van der Waals surface area contributed by atoms with Gasteiger partial charge >= 0.3 is 0 Å². The smallest absolute Gasteiger partial charge is 0.252 e. The molecule has 2 rings (SSSR count). The summed E-state index contributed by atoms with van der Waals surface area (Å²) in [5, 5.41) is 6.35. The van der Waals surface area contributed by atoms with Gasteiger partial charge in [0, 0.05) is 18.8 Å². The number of anilines is 1. The molecule has 0 radical (unpaired) electrons. The summed E-state index contributed by atoms with van der Waals surface area (Å²) in [5.74, 6) is 0.848.